The summed E-state index contributed by atoms with van der Waals surface area (Å²) in [5.41, 5.74) is 16.1. The van der Waals surface area contributed by atoms with Gasteiger partial charge in [0.1, 0.15) is 5.82 Å². The van der Waals surface area contributed by atoms with Crippen LogP contribution in [-0.2, 0) is 0 Å². The lowest BCUT2D eigenvalue weighted by molar-refractivity contribution is 0.0690. The van der Waals surface area contributed by atoms with Crippen molar-refractivity contribution in [2.45, 2.75) is 0 Å². The highest BCUT2D eigenvalue weighted by molar-refractivity contribution is 5.94. The number of rotatable bonds is 3. The van der Waals surface area contributed by atoms with E-state index >= 15 is 0 Å². The predicted molar refractivity (Wildman–Crippen MR) is 77.6 cm³/mol. The number of aromatic nitrogens is 2. The third-order valence-electron chi connectivity index (χ3n) is 2.47. The molecule has 1 heterocycles. The summed E-state index contributed by atoms with van der Waals surface area (Å²) in [6.07, 6.45) is 1.40. The molecule has 0 aliphatic rings. The van der Waals surface area contributed by atoms with Crippen molar-refractivity contribution in [1.82, 2.24) is 9.78 Å². The fraction of sp³-hybridized carbons (Fsp3) is 0. The first-order valence-electron chi connectivity index (χ1n) is 5.89. The quantitative estimate of drug-likeness (QED) is 0.459. The summed E-state index contributed by atoms with van der Waals surface area (Å²) >= 11 is 0. The Morgan fingerprint density at radius 1 is 1.27 bits per heavy atom. The molecular weight excluding hydrogens is 293 g/mol. The zero-order valence-corrected chi connectivity index (χ0v) is 11.1. The van der Waals surface area contributed by atoms with Crippen molar-refractivity contribution in [3.8, 4) is 5.69 Å². The van der Waals surface area contributed by atoms with E-state index in [1.807, 2.05) is 0 Å². The number of nitrogens with zero attached hydrogens (tertiary/aromatic N) is 4. The lowest BCUT2D eigenvalue weighted by Crippen LogP contribution is -2.26. The number of guanidine groups is 2. The molecule has 0 spiro atoms. The molecule has 0 aliphatic carbocycles. The first-order valence-corrected chi connectivity index (χ1v) is 5.89. The fourth-order valence-electron chi connectivity index (χ4n) is 1.63. The maximum atomic E-state index is 13.4. The highest BCUT2D eigenvalue weighted by Crippen LogP contribution is 2.24. The van der Waals surface area contributed by atoms with Gasteiger partial charge in [-0.05, 0) is 18.2 Å². The average molecular weight is 305 g/mol. The number of aromatic carboxylic acids is 1. The summed E-state index contributed by atoms with van der Waals surface area (Å²) in [5, 5.41) is 12.7. The van der Waals surface area contributed by atoms with Crippen LogP contribution in [0.2, 0.25) is 0 Å². The van der Waals surface area contributed by atoms with Crippen molar-refractivity contribution in [2.75, 3.05) is 0 Å². The first kappa shape index (κ1) is 15.0. The number of halogens is 1. The molecule has 1 aromatic carbocycles. The van der Waals surface area contributed by atoms with Gasteiger partial charge in [0, 0.05) is 12.3 Å². The standard InChI is InChI=1S/C12H12FN7O2/c13-6-1-2-9(20-4-3-7(19-20)10(21)22)8(5-6)17-12(16)18-11(14)15/h1-5H,(H,21,22)(H6,14,15,16,17,18). The lowest BCUT2D eigenvalue weighted by atomic mass is 10.2. The molecule has 0 amide bonds. The monoisotopic (exact) mass is 305 g/mol. The molecular formula is C12H12FN7O2. The molecule has 7 N–H and O–H groups in total. The van der Waals surface area contributed by atoms with Gasteiger partial charge in [-0.25, -0.2) is 18.9 Å². The van der Waals surface area contributed by atoms with E-state index in [0.29, 0.717) is 5.69 Å². The zero-order chi connectivity index (χ0) is 16.3. The van der Waals surface area contributed by atoms with E-state index in [4.69, 9.17) is 22.3 Å². The Labute approximate surface area is 123 Å². The van der Waals surface area contributed by atoms with Crippen LogP contribution < -0.4 is 17.2 Å². The van der Waals surface area contributed by atoms with E-state index in [9.17, 15) is 9.18 Å². The van der Waals surface area contributed by atoms with Crippen molar-refractivity contribution in [3.05, 3.63) is 42.0 Å². The summed E-state index contributed by atoms with van der Waals surface area (Å²) in [7, 11) is 0. The van der Waals surface area contributed by atoms with Crippen LogP contribution in [0, 0.1) is 5.82 Å². The minimum Gasteiger partial charge on any atom is -0.476 e. The van der Waals surface area contributed by atoms with Gasteiger partial charge in [-0.1, -0.05) is 0 Å². The van der Waals surface area contributed by atoms with E-state index in [2.05, 4.69) is 15.1 Å². The van der Waals surface area contributed by atoms with Crippen LogP contribution in [0.15, 0.2) is 40.4 Å². The molecule has 0 bridgehead atoms. The number of carboxylic acid groups (broad SMARTS) is 1. The number of hydrogen-bond donors (Lipinski definition) is 4. The number of benzene rings is 1. The fourth-order valence-corrected chi connectivity index (χ4v) is 1.63. The van der Waals surface area contributed by atoms with Crippen LogP contribution in [0.3, 0.4) is 0 Å². The number of carboxylic acids is 1. The lowest BCUT2D eigenvalue weighted by Gasteiger charge is -2.06. The van der Waals surface area contributed by atoms with Gasteiger partial charge in [-0.3, -0.25) is 0 Å². The molecule has 10 heteroatoms. The summed E-state index contributed by atoms with van der Waals surface area (Å²) < 4.78 is 14.6. The average Bonchev–Trinajstić information content (AvgIpc) is 2.87. The molecule has 0 unspecified atom stereocenters. The minimum atomic E-state index is -1.19. The summed E-state index contributed by atoms with van der Waals surface area (Å²) in [6, 6.07) is 4.92. The van der Waals surface area contributed by atoms with Gasteiger partial charge in [-0.2, -0.15) is 10.1 Å². The van der Waals surface area contributed by atoms with E-state index in [1.54, 1.807) is 0 Å². The Morgan fingerprint density at radius 3 is 2.59 bits per heavy atom. The van der Waals surface area contributed by atoms with E-state index in [0.717, 1.165) is 6.07 Å². The van der Waals surface area contributed by atoms with Gasteiger partial charge < -0.3 is 22.3 Å². The molecule has 0 atom stereocenters. The number of carbonyl (C=O) groups is 1. The molecule has 1 aromatic heterocycles. The molecule has 2 rings (SSSR count). The normalized spacial score (nSPS) is 11.2. The Balaban J connectivity index is 2.52. The van der Waals surface area contributed by atoms with E-state index < -0.39 is 11.8 Å². The summed E-state index contributed by atoms with van der Waals surface area (Å²) in [6.45, 7) is 0. The second-order valence-corrected chi connectivity index (χ2v) is 4.09. The molecule has 0 aliphatic heterocycles. The number of hydrogen-bond acceptors (Lipinski definition) is 3. The van der Waals surface area contributed by atoms with Gasteiger partial charge in [0.25, 0.3) is 0 Å². The topological polar surface area (TPSA) is 158 Å². The van der Waals surface area contributed by atoms with Gasteiger partial charge in [0.2, 0.25) is 5.96 Å². The second-order valence-electron chi connectivity index (χ2n) is 4.09. The minimum absolute atomic E-state index is 0.0857. The van der Waals surface area contributed by atoms with Crippen LogP contribution in [0.1, 0.15) is 10.5 Å². The molecule has 22 heavy (non-hydrogen) atoms. The Kier molecular flexibility index (Phi) is 4.02. The molecule has 114 valence electrons. The highest BCUT2D eigenvalue weighted by atomic mass is 19.1. The van der Waals surface area contributed by atoms with Crippen molar-refractivity contribution < 1.29 is 14.3 Å². The second kappa shape index (κ2) is 5.91. The van der Waals surface area contributed by atoms with Gasteiger partial charge in [0.05, 0.1) is 11.4 Å². The third kappa shape index (κ3) is 3.36. The van der Waals surface area contributed by atoms with Crippen molar-refractivity contribution in [2.24, 2.45) is 27.2 Å². The Hall–Kier alpha value is -3.43. The number of aliphatic imine (C=N–C) groups is 2. The maximum absolute atomic E-state index is 13.4. The Bertz CT molecular complexity index is 778. The molecule has 0 saturated carbocycles. The predicted octanol–water partition coefficient (Wildman–Crippen LogP) is -0.0708. The molecule has 2 aromatic rings. The van der Waals surface area contributed by atoms with Crippen LogP contribution in [0.5, 0.6) is 0 Å². The molecule has 0 fully saturated rings. The number of nitrogens with two attached hydrogens (primary N) is 3. The highest BCUT2D eigenvalue weighted by Gasteiger charge is 2.11. The summed E-state index contributed by atoms with van der Waals surface area (Å²) in [4.78, 5) is 18.3. The largest absolute Gasteiger partial charge is 0.476 e. The SMILES string of the molecule is NC(N)=NC(N)=Nc1cc(F)ccc1-n1ccc(C(=O)O)n1. The van der Waals surface area contributed by atoms with Crippen LogP contribution >= 0.6 is 0 Å². The smallest absolute Gasteiger partial charge is 0.356 e. The third-order valence-corrected chi connectivity index (χ3v) is 2.47. The van der Waals surface area contributed by atoms with Crippen LogP contribution in [-0.4, -0.2) is 32.8 Å². The van der Waals surface area contributed by atoms with E-state index in [-0.39, 0.29) is 23.3 Å². The van der Waals surface area contributed by atoms with Crippen LogP contribution in [0.25, 0.3) is 5.69 Å². The van der Waals surface area contributed by atoms with E-state index in [1.165, 1.54) is 29.1 Å². The van der Waals surface area contributed by atoms with Crippen molar-refractivity contribution in [3.63, 3.8) is 0 Å². The molecule has 0 radical (unpaired) electrons. The van der Waals surface area contributed by atoms with Gasteiger partial charge in [-0.15, -0.1) is 0 Å². The molecule has 9 nitrogen and oxygen atoms in total. The zero-order valence-electron chi connectivity index (χ0n) is 11.1. The molecule has 0 saturated heterocycles. The van der Waals surface area contributed by atoms with Gasteiger partial charge >= 0.3 is 5.97 Å². The van der Waals surface area contributed by atoms with Crippen molar-refractivity contribution in [1.29, 1.82) is 0 Å². The first-order chi connectivity index (χ1) is 10.4. The van der Waals surface area contributed by atoms with Crippen LogP contribution in [0.4, 0.5) is 10.1 Å². The maximum Gasteiger partial charge on any atom is 0.356 e. The summed E-state index contributed by atoms with van der Waals surface area (Å²) in [5.74, 6) is -2.33. The van der Waals surface area contributed by atoms with Gasteiger partial charge in [0.15, 0.2) is 11.7 Å². The van der Waals surface area contributed by atoms with Crippen molar-refractivity contribution >= 4 is 23.6 Å². The Morgan fingerprint density at radius 2 is 2.00 bits per heavy atom.